The first-order valence-electron chi connectivity index (χ1n) is 6.09. The van der Waals surface area contributed by atoms with Gasteiger partial charge in [-0.15, -0.1) is 0 Å². The van der Waals surface area contributed by atoms with Gasteiger partial charge in [0.05, 0.1) is 0 Å². The van der Waals surface area contributed by atoms with E-state index in [9.17, 15) is 9.18 Å². The summed E-state index contributed by atoms with van der Waals surface area (Å²) in [5.41, 5.74) is 0.875. The van der Waals surface area contributed by atoms with E-state index in [1.54, 1.807) is 6.07 Å². The number of carbonyl (C=O) groups excluding carboxylic acids is 1. The van der Waals surface area contributed by atoms with Crippen molar-refractivity contribution in [2.45, 2.75) is 31.8 Å². The minimum Gasteiger partial charge on any atom is -0.356 e. The smallest absolute Gasteiger partial charge is 0.221 e. The van der Waals surface area contributed by atoms with E-state index in [0.29, 0.717) is 13.0 Å². The molecule has 2 rings (SSSR count). The molecule has 1 unspecified atom stereocenters. The summed E-state index contributed by atoms with van der Waals surface area (Å²) >= 11 is 3.40. The zero-order valence-electron chi connectivity index (χ0n) is 10.0. The molecular formula is C13H16BrFN2O. The fraction of sp³-hybridized carbons (Fsp3) is 0.462. The molecule has 1 amide bonds. The highest BCUT2D eigenvalue weighted by atomic mass is 79.9. The molecule has 1 aliphatic heterocycles. The summed E-state index contributed by atoms with van der Waals surface area (Å²) in [4.78, 5) is 11.4. The molecule has 1 atom stereocenters. The maximum absolute atomic E-state index is 13.1. The molecule has 0 spiro atoms. The number of carbonyl (C=O) groups is 1. The number of benzene rings is 1. The third-order valence-corrected chi connectivity index (χ3v) is 3.85. The number of halogens is 2. The van der Waals surface area contributed by atoms with Crippen molar-refractivity contribution in [1.82, 2.24) is 10.6 Å². The Kier molecular flexibility index (Phi) is 4.72. The van der Waals surface area contributed by atoms with Gasteiger partial charge in [-0.25, -0.2) is 4.39 Å². The maximum Gasteiger partial charge on any atom is 0.221 e. The fourth-order valence-electron chi connectivity index (χ4n) is 2.08. The summed E-state index contributed by atoms with van der Waals surface area (Å²) in [6.45, 7) is 1.32. The summed E-state index contributed by atoms with van der Waals surface area (Å²) in [7, 11) is 0. The van der Waals surface area contributed by atoms with Crippen molar-refractivity contribution in [2.75, 3.05) is 6.54 Å². The van der Waals surface area contributed by atoms with Crippen LogP contribution < -0.4 is 10.6 Å². The zero-order chi connectivity index (χ0) is 13.0. The molecule has 1 saturated heterocycles. The highest BCUT2D eigenvalue weighted by molar-refractivity contribution is 9.10. The highest BCUT2D eigenvalue weighted by Crippen LogP contribution is 2.18. The first-order valence-corrected chi connectivity index (χ1v) is 6.88. The Bertz CT molecular complexity index is 439. The van der Waals surface area contributed by atoms with E-state index in [2.05, 4.69) is 26.6 Å². The molecule has 5 heteroatoms. The summed E-state index contributed by atoms with van der Waals surface area (Å²) in [6, 6.07) is 4.80. The van der Waals surface area contributed by atoms with Crippen molar-refractivity contribution in [3.8, 4) is 0 Å². The Hall–Kier alpha value is -0.940. The lowest BCUT2D eigenvalue weighted by atomic mass is 10.1. The molecule has 18 heavy (non-hydrogen) atoms. The fourth-order valence-corrected chi connectivity index (χ4v) is 2.47. The molecular weight excluding hydrogens is 299 g/mol. The molecule has 3 nitrogen and oxygen atoms in total. The average molecular weight is 315 g/mol. The number of rotatable bonds is 3. The quantitative estimate of drug-likeness (QED) is 0.899. The van der Waals surface area contributed by atoms with Crippen molar-refractivity contribution < 1.29 is 9.18 Å². The van der Waals surface area contributed by atoms with Crippen LogP contribution in [0.15, 0.2) is 22.7 Å². The molecule has 0 aromatic heterocycles. The van der Waals surface area contributed by atoms with E-state index in [-0.39, 0.29) is 17.8 Å². The predicted octanol–water partition coefficient (Wildman–Crippen LogP) is 2.35. The minimum absolute atomic E-state index is 0.0864. The van der Waals surface area contributed by atoms with Gasteiger partial charge in [0, 0.05) is 30.0 Å². The topological polar surface area (TPSA) is 41.1 Å². The number of hydrogen-bond donors (Lipinski definition) is 2. The van der Waals surface area contributed by atoms with Gasteiger partial charge >= 0.3 is 0 Å². The van der Waals surface area contributed by atoms with Crippen molar-refractivity contribution in [3.63, 3.8) is 0 Å². The van der Waals surface area contributed by atoms with E-state index in [0.717, 1.165) is 29.4 Å². The molecule has 0 aliphatic carbocycles. The predicted molar refractivity (Wildman–Crippen MR) is 71.6 cm³/mol. The van der Waals surface area contributed by atoms with Crippen LogP contribution >= 0.6 is 15.9 Å². The van der Waals surface area contributed by atoms with Gasteiger partial charge < -0.3 is 10.6 Å². The molecule has 0 bridgehead atoms. The van der Waals surface area contributed by atoms with Gasteiger partial charge in [0.2, 0.25) is 5.91 Å². The molecule has 1 aromatic carbocycles. The molecule has 1 fully saturated rings. The number of hydrogen-bond acceptors (Lipinski definition) is 2. The Morgan fingerprint density at radius 1 is 1.50 bits per heavy atom. The van der Waals surface area contributed by atoms with Crippen molar-refractivity contribution in [3.05, 3.63) is 34.1 Å². The van der Waals surface area contributed by atoms with E-state index < -0.39 is 0 Å². The SMILES string of the molecule is O=C1CC(NCc2cc(F)ccc2Br)CCCN1. The molecule has 1 aromatic rings. The molecule has 0 saturated carbocycles. The van der Waals surface area contributed by atoms with Gasteiger partial charge in [0.1, 0.15) is 5.82 Å². The molecule has 98 valence electrons. The first kappa shape index (κ1) is 13.5. The Morgan fingerprint density at radius 3 is 3.17 bits per heavy atom. The van der Waals surface area contributed by atoms with Crippen molar-refractivity contribution >= 4 is 21.8 Å². The number of amides is 1. The standard InChI is InChI=1S/C13H16BrFN2O/c14-12-4-3-10(15)6-9(12)8-17-11-2-1-5-16-13(18)7-11/h3-4,6,11,17H,1-2,5,7-8H2,(H,16,18). The van der Waals surface area contributed by atoms with Crippen LogP contribution in [0.1, 0.15) is 24.8 Å². The maximum atomic E-state index is 13.1. The third-order valence-electron chi connectivity index (χ3n) is 3.07. The Balaban J connectivity index is 1.93. The van der Waals surface area contributed by atoms with Crippen LogP contribution in [-0.4, -0.2) is 18.5 Å². The molecule has 1 aliphatic rings. The van der Waals surface area contributed by atoms with Gasteiger partial charge in [-0.05, 0) is 36.6 Å². The molecule has 2 N–H and O–H groups in total. The lowest BCUT2D eigenvalue weighted by molar-refractivity contribution is -0.121. The largest absolute Gasteiger partial charge is 0.356 e. The summed E-state index contributed by atoms with van der Waals surface area (Å²) in [5, 5.41) is 6.16. The second kappa shape index (κ2) is 6.29. The Morgan fingerprint density at radius 2 is 2.33 bits per heavy atom. The van der Waals surface area contributed by atoms with Gasteiger partial charge in [0.15, 0.2) is 0 Å². The molecule has 1 heterocycles. The van der Waals surface area contributed by atoms with Gasteiger partial charge in [-0.1, -0.05) is 15.9 Å². The second-order valence-electron chi connectivity index (χ2n) is 4.51. The van der Waals surface area contributed by atoms with E-state index >= 15 is 0 Å². The van der Waals surface area contributed by atoms with Gasteiger partial charge in [0.25, 0.3) is 0 Å². The summed E-state index contributed by atoms with van der Waals surface area (Å²) in [5.74, 6) is -0.156. The Labute approximate surface area is 114 Å². The summed E-state index contributed by atoms with van der Waals surface area (Å²) < 4.78 is 14.0. The van der Waals surface area contributed by atoms with Gasteiger partial charge in [-0.2, -0.15) is 0 Å². The average Bonchev–Trinajstić information content (AvgIpc) is 2.55. The minimum atomic E-state index is -0.242. The molecule has 0 radical (unpaired) electrons. The van der Waals surface area contributed by atoms with Crippen molar-refractivity contribution in [2.24, 2.45) is 0 Å². The second-order valence-corrected chi connectivity index (χ2v) is 5.36. The monoisotopic (exact) mass is 314 g/mol. The van der Waals surface area contributed by atoms with E-state index in [1.807, 2.05) is 0 Å². The lowest BCUT2D eigenvalue weighted by Crippen LogP contribution is -2.32. The van der Waals surface area contributed by atoms with E-state index in [1.165, 1.54) is 12.1 Å². The van der Waals surface area contributed by atoms with Crippen LogP contribution in [0.3, 0.4) is 0 Å². The van der Waals surface area contributed by atoms with Crippen LogP contribution in [0.4, 0.5) is 4.39 Å². The normalized spacial score (nSPS) is 20.3. The van der Waals surface area contributed by atoms with Crippen LogP contribution in [0.25, 0.3) is 0 Å². The van der Waals surface area contributed by atoms with Crippen LogP contribution in [0, 0.1) is 5.82 Å². The third kappa shape index (κ3) is 3.78. The highest BCUT2D eigenvalue weighted by Gasteiger charge is 2.16. The van der Waals surface area contributed by atoms with Crippen molar-refractivity contribution in [1.29, 1.82) is 0 Å². The van der Waals surface area contributed by atoms with Crippen LogP contribution in [0.2, 0.25) is 0 Å². The summed E-state index contributed by atoms with van der Waals surface area (Å²) in [6.07, 6.45) is 2.44. The zero-order valence-corrected chi connectivity index (χ0v) is 11.6. The van der Waals surface area contributed by atoms with Crippen LogP contribution in [0.5, 0.6) is 0 Å². The lowest BCUT2D eigenvalue weighted by Gasteiger charge is -2.15. The number of nitrogens with one attached hydrogen (secondary N) is 2. The van der Waals surface area contributed by atoms with Gasteiger partial charge in [-0.3, -0.25) is 4.79 Å². The first-order chi connectivity index (χ1) is 8.65. The van der Waals surface area contributed by atoms with E-state index in [4.69, 9.17) is 0 Å². The van der Waals surface area contributed by atoms with Crippen LogP contribution in [-0.2, 0) is 11.3 Å².